The number of nitrogens with two attached hydrogens (primary N) is 1. The molecule has 1 rings (SSSR count). The van der Waals surface area contributed by atoms with Gasteiger partial charge >= 0.3 is 6.09 Å². The molecule has 7 heteroatoms. The van der Waals surface area contributed by atoms with Crippen molar-refractivity contribution in [3.05, 3.63) is 0 Å². The Morgan fingerprint density at radius 1 is 1.35 bits per heavy atom. The largest absolute Gasteiger partial charge is 0.444 e. The van der Waals surface area contributed by atoms with Crippen LogP contribution in [-0.2, 0) is 14.3 Å². The van der Waals surface area contributed by atoms with Crippen LogP contribution in [0, 0.1) is 5.92 Å². The van der Waals surface area contributed by atoms with Crippen molar-refractivity contribution in [2.24, 2.45) is 11.7 Å². The highest BCUT2D eigenvalue weighted by Crippen LogP contribution is 2.23. The fourth-order valence-electron chi connectivity index (χ4n) is 2.22. The van der Waals surface area contributed by atoms with Gasteiger partial charge in [0.05, 0.1) is 0 Å². The average molecular weight is 285 g/mol. The van der Waals surface area contributed by atoms with Crippen molar-refractivity contribution in [3.63, 3.8) is 0 Å². The van der Waals surface area contributed by atoms with E-state index < -0.39 is 23.6 Å². The molecule has 0 aliphatic carbocycles. The van der Waals surface area contributed by atoms with E-state index in [4.69, 9.17) is 10.5 Å². The third-order valence-corrected chi connectivity index (χ3v) is 3.09. The number of ether oxygens (including phenoxy) is 1. The molecule has 0 aromatic rings. The molecule has 3 N–H and O–H groups in total. The zero-order valence-corrected chi connectivity index (χ0v) is 12.4. The van der Waals surface area contributed by atoms with E-state index in [2.05, 4.69) is 5.32 Å². The van der Waals surface area contributed by atoms with Gasteiger partial charge < -0.3 is 20.7 Å². The van der Waals surface area contributed by atoms with Gasteiger partial charge in [-0.15, -0.1) is 0 Å². The molecule has 0 saturated carbocycles. The Hall–Kier alpha value is -1.79. The molecule has 1 heterocycles. The highest BCUT2D eigenvalue weighted by Gasteiger charge is 2.38. The van der Waals surface area contributed by atoms with Crippen LogP contribution in [0.15, 0.2) is 0 Å². The maximum atomic E-state index is 12.0. The first-order valence-corrected chi connectivity index (χ1v) is 6.67. The number of amides is 3. The number of nitrogens with zero attached hydrogens (tertiary/aromatic N) is 1. The maximum Gasteiger partial charge on any atom is 0.408 e. The lowest BCUT2D eigenvalue weighted by atomic mass is 10.0. The molecule has 0 aromatic heterocycles. The lowest BCUT2D eigenvalue weighted by Crippen LogP contribution is -2.49. The first-order valence-electron chi connectivity index (χ1n) is 6.67. The predicted molar refractivity (Wildman–Crippen MR) is 72.7 cm³/mol. The second kappa shape index (κ2) is 6.11. The van der Waals surface area contributed by atoms with Crippen molar-refractivity contribution in [3.8, 4) is 0 Å². The molecule has 1 saturated heterocycles. The lowest BCUT2D eigenvalue weighted by molar-refractivity contribution is -0.137. The Kier molecular flexibility index (Phi) is 4.97. The minimum Gasteiger partial charge on any atom is -0.444 e. The summed E-state index contributed by atoms with van der Waals surface area (Å²) in [5.74, 6) is -0.803. The van der Waals surface area contributed by atoms with Gasteiger partial charge in [-0.3, -0.25) is 9.59 Å². The highest BCUT2D eigenvalue weighted by atomic mass is 16.6. The highest BCUT2D eigenvalue weighted by molar-refractivity contribution is 5.89. The van der Waals surface area contributed by atoms with Crippen LogP contribution in [0.4, 0.5) is 4.79 Å². The Labute approximate surface area is 118 Å². The molecule has 0 unspecified atom stereocenters. The summed E-state index contributed by atoms with van der Waals surface area (Å²) in [7, 11) is 0. The third kappa shape index (κ3) is 4.40. The molecule has 114 valence electrons. The summed E-state index contributed by atoms with van der Waals surface area (Å²) in [4.78, 5) is 36.3. The van der Waals surface area contributed by atoms with Gasteiger partial charge in [0.15, 0.2) is 0 Å². The van der Waals surface area contributed by atoms with Crippen molar-refractivity contribution in [2.75, 3.05) is 13.1 Å². The molecule has 0 aromatic carbocycles. The second-order valence-corrected chi connectivity index (χ2v) is 6.06. The Bertz CT molecular complexity index is 403. The minimum atomic E-state index is -0.659. The topological polar surface area (TPSA) is 102 Å². The van der Waals surface area contributed by atoms with E-state index in [0.29, 0.717) is 6.54 Å². The van der Waals surface area contributed by atoms with Crippen molar-refractivity contribution in [1.82, 2.24) is 10.2 Å². The van der Waals surface area contributed by atoms with Crippen molar-refractivity contribution < 1.29 is 19.1 Å². The van der Waals surface area contributed by atoms with Crippen LogP contribution < -0.4 is 11.1 Å². The summed E-state index contributed by atoms with van der Waals surface area (Å²) in [6.07, 6.45) is 0.0694. The summed E-state index contributed by atoms with van der Waals surface area (Å²) < 4.78 is 5.03. The minimum absolute atomic E-state index is 0.0398. The SMILES string of the molecule is C[C@@H]1CCN(C(=O)CNC(=O)OC(C)(C)C)[C@@H]1C(N)=O. The number of carbonyl (C=O) groups is 3. The summed E-state index contributed by atoms with van der Waals surface area (Å²) >= 11 is 0. The molecule has 1 aliphatic rings. The number of hydrogen-bond donors (Lipinski definition) is 2. The summed E-state index contributed by atoms with van der Waals surface area (Å²) in [6.45, 7) is 7.36. The van der Waals surface area contributed by atoms with Crippen molar-refractivity contribution in [2.45, 2.75) is 45.8 Å². The van der Waals surface area contributed by atoms with Gasteiger partial charge in [0.25, 0.3) is 0 Å². The molecular weight excluding hydrogens is 262 g/mol. The number of alkyl carbamates (subject to hydrolysis) is 1. The zero-order chi connectivity index (χ0) is 15.5. The normalized spacial score (nSPS) is 22.5. The van der Waals surface area contributed by atoms with Gasteiger partial charge in [-0.25, -0.2) is 4.79 Å². The molecule has 0 spiro atoms. The molecule has 1 aliphatic heterocycles. The van der Waals surface area contributed by atoms with E-state index >= 15 is 0 Å². The molecule has 1 fully saturated rings. The fraction of sp³-hybridized carbons (Fsp3) is 0.769. The van der Waals surface area contributed by atoms with E-state index in [1.54, 1.807) is 20.8 Å². The van der Waals surface area contributed by atoms with Crippen molar-refractivity contribution in [1.29, 1.82) is 0 Å². The summed E-state index contributed by atoms with van der Waals surface area (Å²) in [5.41, 5.74) is 4.69. The molecular formula is C13H23N3O4. The van der Waals surface area contributed by atoms with Gasteiger partial charge in [-0.05, 0) is 33.1 Å². The van der Waals surface area contributed by atoms with E-state index in [9.17, 15) is 14.4 Å². The second-order valence-electron chi connectivity index (χ2n) is 6.06. The van der Waals surface area contributed by atoms with Crippen LogP contribution in [0.25, 0.3) is 0 Å². The van der Waals surface area contributed by atoms with Crippen LogP contribution in [0.1, 0.15) is 34.1 Å². The van der Waals surface area contributed by atoms with E-state index in [1.165, 1.54) is 4.90 Å². The molecule has 0 radical (unpaired) electrons. The quantitative estimate of drug-likeness (QED) is 0.775. The molecule has 20 heavy (non-hydrogen) atoms. The van der Waals surface area contributed by atoms with Crippen molar-refractivity contribution >= 4 is 17.9 Å². The van der Waals surface area contributed by atoms with Crippen LogP contribution >= 0.6 is 0 Å². The van der Waals surface area contributed by atoms with Gasteiger partial charge in [-0.2, -0.15) is 0 Å². The number of primary amides is 1. The first kappa shape index (κ1) is 16.3. The summed E-state index contributed by atoms with van der Waals surface area (Å²) in [6, 6.07) is -0.595. The first-order chi connectivity index (χ1) is 9.11. The Morgan fingerprint density at radius 2 is 1.95 bits per heavy atom. The van der Waals surface area contributed by atoms with E-state index in [0.717, 1.165) is 6.42 Å². The third-order valence-electron chi connectivity index (χ3n) is 3.09. The smallest absolute Gasteiger partial charge is 0.408 e. The van der Waals surface area contributed by atoms with Crippen LogP contribution in [0.2, 0.25) is 0 Å². The molecule has 3 amide bonds. The summed E-state index contributed by atoms with van der Waals surface area (Å²) in [5, 5.41) is 2.39. The fourth-order valence-corrected chi connectivity index (χ4v) is 2.22. The average Bonchev–Trinajstić information content (AvgIpc) is 2.65. The number of carbonyl (C=O) groups excluding carboxylic acids is 3. The van der Waals surface area contributed by atoms with Gasteiger partial charge in [0, 0.05) is 6.54 Å². The van der Waals surface area contributed by atoms with Gasteiger partial charge in [0.1, 0.15) is 18.2 Å². The zero-order valence-electron chi connectivity index (χ0n) is 12.4. The maximum absolute atomic E-state index is 12.0. The Balaban J connectivity index is 2.51. The van der Waals surface area contributed by atoms with Crippen LogP contribution in [0.5, 0.6) is 0 Å². The van der Waals surface area contributed by atoms with Crippen LogP contribution in [-0.4, -0.2) is 47.5 Å². The number of likely N-dealkylation sites (tertiary alicyclic amines) is 1. The molecule has 0 bridgehead atoms. The number of rotatable bonds is 3. The molecule has 2 atom stereocenters. The Morgan fingerprint density at radius 3 is 2.45 bits per heavy atom. The van der Waals surface area contributed by atoms with Crippen LogP contribution in [0.3, 0.4) is 0 Å². The molecule has 7 nitrogen and oxygen atoms in total. The standard InChI is InChI=1S/C13H23N3O4/c1-8-5-6-16(10(8)11(14)18)9(17)7-15-12(19)20-13(2,3)4/h8,10H,5-7H2,1-4H3,(H2,14,18)(H,15,19)/t8-,10+/m1/s1. The monoisotopic (exact) mass is 285 g/mol. The van der Waals surface area contributed by atoms with E-state index in [-0.39, 0.29) is 18.4 Å². The number of hydrogen-bond acceptors (Lipinski definition) is 4. The predicted octanol–water partition coefficient (Wildman–Crippen LogP) is 0.233. The lowest BCUT2D eigenvalue weighted by Gasteiger charge is -2.25. The van der Waals surface area contributed by atoms with Gasteiger partial charge in [-0.1, -0.05) is 6.92 Å². The van der Waals surface area contributed by atoms with E-state index in [1.807, 2.05) is 6.92 Å². The number of nitrogens with one attached hydrogen (secondary N) is 1. The van der Waals surface area contributed by atoms with Gasteiger partial charge in [0.2, 0.25) is 11.8 Å².